The van der Waals surface area contributed by atoms with E-state index in [9.17, 15) is 52.7 Å². The van der Waals surface area contributed by atoms with Gasteiger partial charge in [0.15, 0.2) is 0 Å². The fourth-order valence-corrected chi connectivity index (χ4v) is 5.38. The maximum Gasteiger partial charge on any atom is 0.467 e. The molecule has 0 N–H and O–H groups in total. The molecule has 0 radical (unpaired) electrons. The van der Waals surface area contributed by atoms with Gasteiger partial charge in [0.1, 0.15) is 0 Å². The summed E-state index contributed by atoms with van der Waals surface area (Å²) in [5.41, 5.74) is 3.73. The van der Waals surface area contributed by atoms with Gasteiger partial charge in [-0.1, -0.05) is 90.6 Å². The molecular formula is C35H46F12N2. The van der Waals surface area contributed by atoms with Crippen LogP contribution in [-0.4, -0.2) is 48.1 Å². The molecule has 0 spiro atoms. The van der Waals surface area contributed by atoms with Crippen LogP contribution >= 0.6 is 0 Å². The first-order valence-corrected chi connectivity index (χ1v) is 16.2. The average molecular weight is 723 g/mol. The second kappa shape index (κ2) is 20.0. The Morgan fingerprint density at radius 1 is 0.673 bits per heavy atom. The highest BCUT2D eigenvalue weighted by atomic mass is 19.4. The summed E-state index contributed by atoms with van der Waals surface area (Å²) in [7, 11) is 0. The lowest BCUT2D eigenvalue weighted by Crippen LogP contribution is -2.48. The summed E-state index contributed by atoms with van der Waals surface area (Å²) in [6, 6.07) is 2.92. The topological polar surface area (TPSA) is 6.48 Å². The highest BCUT2D eigenvalue weighted by Gasteiger charge is 2.54. The van der Waals surface area contributed by atoms with Crippen molar-refractivity contribution in [1.29, 1.82) is 0 Å². The molecule has 0 fully saturated rings. The van der Waals surface area contributed by atoms with Crippen LogP contribution in [0.3, 0.4) is 0 Å². The van der Waals surface area contributed by atoms with E-state index in [0.717, 1.165) is 11.1 Å². The normalized spacial score (nSPS) is 13.4. The largest absolute Gasteiger partial charge is 0.467 e. The number of fused-ring (bicyclic) bond motifs is 3. The van der Waals surface area contributed by atoms with E-state index in [4.69, 9.17) is 0 Å². The third kappa shape index (κ3) is 12.7. The first-order chi connectivity index (χ1) is 22.8. The quantitative estimate of drug-likeness (QED) is 0.137. The Morgan fingerprint density at radius 2 is 1.08 bits per heavy atom. The van der Waals surface area contributed by atoms with Crippen LogP contribution in [0.2, 0.25) is 0 Å². The summed E-state index contributed by atoms with van der Waals surface area (Å²) < 4.78 is 157. The van der Waals surface area contributed by atoms with Crippen molar-refractivity contribution in [3.8, 4) is 0 Å². The van der Waals surface area contributed by atoms with E-state index in [1.807, 2.05) is 47.6 Å². The standard InChI is InChI=1S/C29H28F12N2.3C2H6/c1-3-4-11-22-18(2)21-12-5-6-13-23(21)25-20(10-8-17-43(28(36,37)38)29(39,40)41)15-14-19(24(22)25)9-7-16-42(26(30,31)32)27(33,34)35;3*1-2/h3-4,6,11,13-15H,1,5,7-10,12,16-17H2,2H3;3*1-2H3/b11-4-;;;. The van der Waals surface area contributed by atoms with Crippen LogP contribution in [0.1, 0.15) is 94.2 Å². The van der Waals surface area contributed by atoms with Crippen molar-refractivity contribution in [3.05, 3.63) is 70.3 Å². The van der Waals surface area contributed by atoms with Gasteiger partial charge < -0.3 is 0 Å². The van der Waals surface area contributed by atoms with E-state index in [-0.39, 0.29) is 12.8 Å². The summed E-state index contributed by atoms with van der Waals surface area (Å²) in [4.78, 5) is -3.03. The Balaban J connectivity index is 0.00000363. The summed E-state index contributed by atoms with van der Waals surface area (Å²) in [6.07, 6.45) is -14.5. The highest BCUT2D eigenvalue weighted by molar-refractivity contribution is 6.03. The van der Waals surface area contributed by atoms with Gasteiger partial charge in [0.05, 0.1) is 0 Å². The Morgan fingerprint density at radius 3 is 1.47 bits per heavy atom. The van der Waals surface area contributed by atoms with Gasteiger partial charge in [0.25, 0.3) is 0 Å². The molecule has 14 heteroatoms. The lowest BCUT2D eigenvalue weighted by atomic mass is 9.80. The van der Waals surface area contributed by atoms with Crippen molar-refractivity contribution in [2.24, 2.45) is 0 Å². The third-order valence-electron chi connectivity index (χ3n) is 7.22. The Bertz CT molecular complexity index is 1340. The van der Waals surface area contributed by atoms with Crippen LogP contribution in [0.25, 0.3) is 22.9 Å². The molecule has 0 atom stereocenters. The Kier molecular flexibility index (Phi) is 18.8. The number of rotatable bonds is 10. The van der Waals surface area contributed by atoms with Crippen LogP contribution in [0.4, 0.5) is 52.7 Å². The van der Waals surface area contributed by atoms with E-state index in [0.29, 0.717) is 45.9 Å². The SMILES string of the molecule is C=C/C=C\c1c(C)c2c(c3c(CCCN(C(F)(F)F)C(F)(F)F)ccc(CCCN(C(F)(F)F)C(F)(F)F)c13)C=CCC2.CC.CC.CC. The van der Waals surface area contributed by atoms with Crippen LogP contribution in [0.5, 0.6) is 0 Å². The minimum absolute atomic E-state index is 0.205. The molecule has 0 aromatic heterocycles. The summed E-state index contributed by atoms with van der Waals surface area (Å²) in [5.74, 6) is 0. The number of halogens is 12. The molecule has 0 saturated carbocycles. The van der Waals surface area contributed by atoms with Crippen molar-refractivity contribution in [2.75, 3.05) is 13.1 Å². The molecule has 280 valence electrons. The minimum atomic E-state index is -5.65. The zero-order valence-electron chi connectivity index (χ0n) is 28.8. The molecule has 2 nitrogen and oxygen atoms in total. The lowest BCUT2D eigenvalue weighted by molar-refractivity contribution is -0.374. The van der Waals surface area contributed by atoms with Gasteiger partial charge in [0, 0.05) is 13.1 Å². The number of hydrogen-bond donors (Lipinski definition) is 0. The molecule has 49 heavy (non-hydrogen) atoms. The molecule has 0 heterocycles. The molecule has 0 aliphatic heterocycles. The van der Waals surface area contributed by atoms with Gasteiger partial charge in [0.2, 0.25) is 0 Å². The fourth-order valence-electron chi connectivity index (χ4n) is 5.38. The molecule has 2 aromatic rings. The number of aryl methyl sites for hydroxylation is 2. The Hall–Kier alpha value is -3.00. The van der Waals surface area contributed by atoms with Crippen molar-refractivity contribution >= 4 is 22.9 Å². The zero-order chi connectivity index (χ0) is 38.4. The van der Waals surface area contributed by atoms with E-state index in [2.05, 4.69) is 6.58 Å². The van der Waals surface area contributed by atoms with Crippen molar-refractivity contribution in [2.45, 2.75) is 112 Å². The van der Waals surface area contributed by atoms with Gasteiger partial charge in [-0.25, -0.2) is 0 Å². The molecule has 0 amide bonds. The fraction of sp³-hybridized carbons (Fsp3) is 0.543. The molecule has 0 unspecified atom stereocenters. The number of benzene rings is 2. The predicted octanol–water partition coefficient (Wildman–Crippen LogP) is 12.9. The second-order valence-corrected chi connectivity index (χ2v) is 9.98. The maximum atomic E-state index is 13.1. The van der Waals surface area contributed by atoms with E-state index in [1.54, 1.807) is 25.2 Å². The molecular weight excluding hydrogens is 676 g/mol. The lowest BCUT2D eigenvalue weighted by Gasteiger charge is -2.28. The smallest absolute Gasteiger partial charge is 0.155 e. The molecule has 0 bridgehead atoms. The number of hydrogen-bond acceptors (Lipinski definition) is 2. The molecule has 1 aliphatic rings. The predicted molar refractivity (Wildman–Crippen MR) is 174 cm³/mol. The van der Waals surface area contributed by atoms with E-state index in [1.165, 1.54) is 18.2 Å². The van der Waals surface area contributed by atoms with E-state index < -0.39 is 60.9 Å². The van der Waals surface area contributed by atoms with Crippen LogP contribution in [0.15, 0.2) is 36.9 Å². The van der Waals surface area contributed by atoms with Gasteiger partial charge in [-0.2, -0.15) is 52.7 Å². The first kappa shape index (κ1) is 46.0. The first-order valence-electron chi connectivity index (χ1n) is 16.2. The zero-order valence-corrected chi connectivity index (χ0v) is 28.8. The molecule has 1 aliphatic carbocycles. The molecule has 2 aromatic carbocycles. The maximum absolute atomic E-state index is 13.1. The van der Waals surface area contributed by atoms with Crippen molar-refractivity contribution in [3.63, 3.8) is 0 Å². The van der Waals surface area contributed by atoms with Gasteiger partial charge in [-0.05, 0) is 89.6 Å². The minimum Gasteiger partial charge on any atom is -0.155 e. The number of allylic oxidation sites excluding steroid dienone is 3. The summed E-state index contributed by atoms with van der Waals surface area (Å²) in [6.45, 7) is 14.7. The number of alkyl halides is 12. The van der Waals surface area contributed by atoms with Crippen LogP contribution in [-0.2, 0) is 19.3 Å². The molecule has 3 rings (SSSR count). The second-order valence-electron chi connectivity index (χ2n) is 9.98. The molecule has 0 saturated heterocycles. The van der Waals surface area contributed by atoms with Crippen molar-refractivity contribution < 1.29 is 52.7 Å². The van der Waals surface area contributed by atoms with Gasteiger partial charge in [-0.3, -0.25) is 0 Å². The Labute approximate surface area is 281 Å². The third-order valence-corrected chi connectivity index (χ3v) is 7.22. The van der Waals surface area contributed by atoms with Crippen LogP contribution < -0.4 is 0 Å². The summed E-state index contributed by atoms with van der Waals surface area (Å²) in [5, 5.41) is 0.958. The van der Waals surface area contributed by atoms with Gasteiger partial charge >= 0.3 is 25.2 Å². The van der Waals surface area contributed by atoms with Crippen LogP contribution in [0, 0.1) is 6.92 Å². The summed E-state index contributed by atoms with van der Waals surface area (Å²) >= 11 is 0. The number of nitrogens with zero attached hydrogens (tertiary/aromatic N) is 2. The van der Waals surface area contributed by atoms with E-state index >= 15 is 0 Å². The monoisotopic (exact) mass is 722 g/mol. The highest BCUT2D eigenvalue weighted by Crippen LogP contribution is 2.41. The van der Waals surface area contributed by atoms with Gasteiger partial charge in [-0.15, -0.1) is 9.80 Å². The van der Waals surface area contributed by atoms with Crippen molar-refractivity contribution in [1.82, 2.24) is 9.80 Å². The average Bonchev–Trinajstić information content (AvgIpc) is 3.02.